The van der Waals surface area contributed by atoms with Gasteiger partial charge in [0.25, 0.3) is 5.91 Å². The number of carbonyl (C=O) groups is 1. The van der Waals surface area contributed by atoms with Crippen molar-refractivity contribution in [3.05, 3.63) is 66.0 Å². The standard InChI is InChI=1S/C24H25N7O2/c1-15-8-16(10-25-11-21-29-27-14-30(21)2)4-6-18(15)23-24(31(3)13-26-23)17-5-7-19-20(9-17)33-12-22(32)28-19/h4-9,13-14,25H,10-12H2,1-3H3,(H,28,32). The molecule has 1 aliphatic heterocycles. The number of aryl methyl sites for hydroxylation is 3. The molecule has 168 valence electrons. The Morgan fingerprint density at radius 2 is 1.97 bits per heavy atom. The van der Waals surface area contributed by atoms with Gasteiger partial charge in [-0.25, -0.2) is 4.98 Å². The number of aromatic nitrogens is 5. The van der Waals surface area contributed by atoms with Gasteiger partial charge in [-0.3, -0.25) is 4.79 Å². The summed E-state index contributed by atoms with van der Waals surface area (Å²) in [4.78, 5) is 16.3. The minimum absolute atomic E-state index is 0.0277. The number of benzene rings is 2. The summed E-state index contributed by atoms with van der Waals surface area (Å²) in [6, 6.07) is 12.2. The van der Waals surface area contributed by atoms with Gasteiger partial charge in [-0.05, 0) is 30.2 Å². The van der Waals surface area contributed by atoms with Crippen molar-refractivity contribution in [3.63, 3.8) is 0 Å². The predicted molar refractivity (Wildman–Crippen MR) is 124 cm³/mol. The van der Waals surface area contributed by atoms with E-state index in [9.17, 15) is 4.79 Å². The molecule has 33 heavy (non-hydrogen) atoms. The lowest BCUT2D eigenvalue weighted by atomic mass is 9.98. The predicted octanol–water partition coefficient (Wildman–Crippen LogP) is 2.81. The van der Waals surface area contributed by atoms with Crippen molar-refractivity contribution in [3.8, 4) is 28.3 Å². The zero-order chi connectivity index (χ0) is 22.9. The molecule has 0 fully saturated rings. The molecule has 2 N–H and O–H groups in total. The molecule has 0 saturated carbocycles. The minimum Gasteiger partial charge on any atom is -0.482 e. The molecule has 0 saturated heterocycles. The smallest absolute Gasteiger partial charge is 0.262 e. The minimum atomic E-state index is -0.140. The summed E-state index contributed by atoms with van der Waals surface area (Å²) in [6.45, 7) is 3.52. The highest BCUT2D eigenvalue weighted by Crippen LogP contribution is 2.37. The zero-order valence-corrected chi connectivity index (χ0v) is 18.8. The Morgan fingerprint density at radius 3 is 2.76 bits per heavy atom. The van der Waals surface area contributed by atoms with E-state index in [-0.39, 0.29) is 12.5 Å². The molecular formula is C24H25N7O2. The summed E-state index contributed by atoms with van der Waals surface area (Å²) < 4.78 is 9.53. The molecule has 0 spiro atoms. The third-order valence-corrected chi connectivity index (χ3v) is 5.79. The van der Waals surface area contributed by atoms with E-state index >= 15 is 0 Å². The Kier molecular flexibility index (Phi) is 5.39. The highest BCUT2D eigenvalue weighted by atomic mass is 16.5. The number of fused-ring (bicyclic) bond motifs is 1. The van der Waals surface area contributed by atoms with Gasteiger partial charge in [-0.1, -0.05) is 24.3 Å². The number of hydrogen-bond acceptors (Lipinski definition) is 6. The largest absolute Gasteiger partial charge is 0.482 e. The molecule has 0 aliphatic carbocycles. The second-order valence-electron chi connectivity index (χ2n) is 8.21. The summed E-state index contributed by atoms with van der Waals surface area (Å²) in [5.41, 5.74) is 6.99. The van der Waals surface area contributed by atoms with Crippen molar-refractivity contribution < 1.29 is 9.53 Å². The van der Waals surface area contributed by atoms with Crippen LogP contribution in [0, 0.1) is 6.92 Å². The average molecular weight is 444 g/mol. The Bertz CT molecular complexity index is 1340. The molecule has 5 rings (SSSR count). The summed E-state index contributed by atoms with van der Waals surface area (Å²) in [5, 5.41) is 14.3. The van der Waals surface area contributed by atoms with Crippen LogP contribution in [0.15, 0.2) is 49.1 Å². The third kappa shape index (κ3) is 4.10. The van der Waals surface area contributed by atoms with Crippen LogP contribution in [-0.4, -0.2) is 36.8 Å². The molecule has 3 heterocycles. The lowest BCUT2D eigenvalue weighted by molar-refractivity contribution is -0.118. The number of hydrogen-bond donors (Lipinski definition) is 2. The van der Waals surface area contributed by atoms with Gasteiger partial charge < -0.3 is 24.5 Å². The van der Waals surface area contributed by atoms with E-state index in [2.05, 4.69) is 46.0 Å². The van der Waals surface area contributed by atoms with Crippen LogP contribution >= 0.6 is 0 Å². The number of imidazole rings is 1. The number of carbonyl (C=O) groups excluding carboxylic acids is 1. The number of amides is 1. The van der Waals surface area contributed by atoms with Gasteiger partial charge in [0.15, 0.2) is 6.61 Å². The Balaban J connectivity index is 1.39. The molecule has 2 aromatic heterocycles. The highest BCUT2D eigenvalue weighted by Gasteiger charge is 2.20. The van der Waals surface area contributed by atoms with Crippen LogP contribution in [0.25, 0.3) is 22.5 Å². The van der Waals surface area contributed by atoms with E-state index in [0.29, 0.717) is 18.0 Å². The van der Waals surface area contributed by atoms with Gasteiger partial charge in [-0.15, -0.1) is 10.2 Å². The van der Waals surface area contributed by atoms with Crippen molar-refractivity contribution in [2.24, 2.45) is 14.1 Å². The Hall–Kier alpha value is -3.98. The average Bonchev–Trinajstić information content (AvgIpc) is 3.39. The molecule has 4 aromatic rings. The maximum Gasteiger partial charge on any atom is 0.262 e. The highest BCUT2D eigenvalue weighted by molar-refractivity contribution is 5.96. The first-order chi connectivity index (χ1) is 16.0. The van der Waals surface area contributed by atoms with Gasteiger partial charge in [0, 0.05) is 31.8 Å². The van der Waals surface area contributed by atoms with Crippen LogP contribution in [-0.2, 0) is 32.0 Å². The molecule has 0 bridgehead atoms. The fourth-order valence-corrected chi connectivity index (χ4v) is 4.08. The molecule has 0 unspecified atom stereocenters. The lowest BCUT2D eigenvalue weighted by Gasteiger charge is -2.19. The number of anilines is 1. The first kappa shape index (κ1) is 20.9. The van der Waals surface area contributed by atoms with Crippen LogP contribution in [0.2, 0.25) is 0 Å². The summed E-state index contributed by atoms with van der Waals surface area (Å²) in [5.74, 6) is 1.42. The maximum absolute atomic E-state index is 11.6. The normalized spacial score (nSPS) is 12.9. The number of nitrogens with zero attached hydrogens (tertiary/aromatic N) is 5. The van der Waals surface area contributed by atoms with Crippen molar-refractivity contribution in [1.29, 1.82) is 0 Å². The van der Waals surface area contributed by atoms with Crippen LogP contribution in [0.3, 0.4) is 0 Å². The molecule has 0 atom stereocenters. The zero-order valence-electron chi connectivity index (χ0n) is 18.8. The molecule has 0 radical (unpaired) electrons. The van der Waals surface area contributed by atoms with Gasteiger partial charge in [0.2, 0.25) is 0 Å². The number of nitrogens with one attached hydrogen (secondary N) is 2. The third-order valence-electron chi connectivity index (χ3n) is 5.79. The van der Waals surface area contributed by atoms with Crippen molar-refractivity contribution in [1.82, 2.24) is 29.6 Å². The molecule has 9 heteroatoms. The summed E-state index contributed by atoms with van der Waals surface area (Å²) in [6.07, 6.45) is 3.52. The van der Waals surface area contributed by atoms with Crippen molar-refractivity contribution >= 4 is 11.6 Å². The van der Waals surface area contributed by atoms with Crippen LogP contribution in [0.1, 0.15) is 17.0 Å². The quantitative estimate of drug-likeness (QED) is 0.476. The maximum atomic E-state index is 11.6. The first-order valence-electron chi connectivity index (χ1n) is 10.7. The van der Waals surface area contributed by atoms with Crippen molar-refractivity contribution in [2.75, 3.05) is 11.9 Å². The van der Waals surface area contributed by atoms with E-state index < -0.39 is 0 Å². The van der Waals surface area contributed by atoms with Gasteiger partial charge in [-0.2, -0.15) is 0 Å². The monoisotopic (exact) mass is 443 g/mol. The van der Waals surface area contributed by atoms with Crippen LogP contribution < -0.4 is 15.4 Å². The second kappa shape index (κ2) is 8.51. The topological polar surface area (TPSA) is 98.9 Å². The lowest BCUT2D eigenvalue weighted by Crippen LogP contribution is -2.25. The van der Waals surface area contributed by atoms with E-state index in [1.807, 2.05) is 47.8 Å². The van der Waals surface area contributed by atoms with Gasteiger partial charge in [0.05, 0.1) is 29.9 Å². The molecule has 1 amide bonds. The van der Waals surface area contributed by atoms with E-state index in [1.165, 1.54) is 5.56 Å². The van der Waals surface area contributed by atoms with Crippen molar-refractivity contribution in [2.45, 2.75) is 20.0 Å². The summed E-state index contributed by atoms with van der Waals surface area (Å²) in [7, 11) is 3.92. The fraction of sp³-hybridized carbons (Fsp3) is 0.250. The Morgan fingerprint density at radius 1 is 1.09 bits per heavy atom. The SMILES string of the molecule is Cc1cc(CNCc2nncn2C)ccc1-c1ncn(C)c1-c1ccc2c(c1)OCC(=O)N2. The van der Waals surface area contributed by atoms with Gasteiger partial charge in [0.1, 0.15) is 17.9 Å². The van der Waals surface area contributed by atoms with E-state index in [1.54, 1.807) is 6.33 Å². The van der Waals surface area contributed by atoms with E-state index in [0.717, 1.165) is 40.4 Å². The second-order valence-corrected chi connectivity index (χ2v) is 8.21. The van der Waals surface area contributed by atoms with Crippen LogP contribution in [0.4, 0.5) is 5.69 Å². The first-order valence-corrected chi connectivity index (χ1v) is 10.7. The Labute approximate surface area is 191 Å². The molecular weight excluding hydrogens is 418 g/mol. The van der Waals surface area contributed by atoms with E-state index in [4.69, 9.17) is 9.72 Å². The number of rotatable bonds is 6. The fourth-order valence-electron chi connectivity index (χ4n) is 4.08. The number of ether oxygens (including phenoxy) is 1. The molecule has 1 aliphatic rings. The molecule has 2 aromatic carbocycles. The van der Waals surface area contributed by atoms with Gasteiger partial charge >= 0.3 is 0 Å². The van der Waals surface area contributed by atoms with Crippen LogP contribution in [0.5, 0.6) is 5.75 Å². The molecule has 9 nitrogen and oxygen atoms in total. The summed E-state index contributed by atoms with van der Waals surface area (Å²) >= 11 is 0.